The maximum absolute atomic E-state index is 11.7. The average Bonchev–Trinajstić information content (AvgIpc) is 2.64. The molecule has 0 bridgehead atoms. The molecule has 2 rings (SSSR count). The number of carbonyl (C=O) groups excluding carboxylic acids is 1. The molecular weight excluding hydrogens is 314 g/mol. The van der Waals surface area contributed by atoms with E-state index in [1.807, 2.05) is 25.1 Å². The quantitative estimate of drug-likeness (QED) is 0.772. The van der Waals surface area contributed by atoms with Crippen molar-refractivity contribution in [1.82, 2.24) is 0 Å². The van der Waals surface area contributed by atoms with Gasteiger partial charge in [-0.3, -0.25) is 4.79 Å². The molecule has 0 saturated heterocycles. The van der Waals surface area contributed by atoms with Gasteiger partial charge in [-0.2, -0.15) is 10.5 Å². The first kappa shape index (κ1) is 18.0. The van der Waals surface area contributed by atoms with E-state index in [0.29, 0.717) is 35.5 Å². The minimum absolute atomic E-state index is 0.0659. The molecule has 0 amide bonds. The zero-order valence-electron chi connectivity index (χ0n) is 14.2. The van der Waals surface area contributed by atoms with Crippen molar-refractivity contribution in [2.45, 2.75) is 32.9 Å². The molecule has 0 radical (unpaired) electrons. The lowest BCUT2D eigenvalue weighted by atomic mass is 10.1. The van der Waals surface area contributed by atoms with Crippen molar-refractivity contribution in [3.8, 4) is 17.9 Å². The van der Waals surface area contributed by atoms with Gasteiger partial charge in [-0.25, -0.2) is 0 Å². The highest BCUT2D eigenvalue weighted by molar-refractivity contribution is 5.99. The third-order valence-electron chi connectivity index (χ3n) is 3.70. The molecule has 1 unspecified atom stereocenters. The molecule has 1 N–H and O–H groups in total. The molecule has 0 aliphatic heterocycles. The van der Waals surface area contributed by atoms with E-state index < -0.39 is 6.10 Å². The minimum atomic E-state index is -0.472. The Bertz CT molecular complexity index is 847. The minimum Gasteiger partial charge on any atom is -0.476 e. The number of nitrogens with zero attached hydrogens (tertiary/aromatic N) is 2. The molecule has 2 aromatic carbocycles. The van der Waals surface area contributed by atoms with E-state index in [1.165, 1.54) is 6.92 Å². The van der Waals surface area contributed by atoms with Crippen LogP contribution in [-0.4, -0.2) is 11.9 Å². The fraction of sp³-hybridized carbons (Fsp3) is 0.250. The maximum atomic E-state index is 11.7. The number of rotatable bonds is 7. The summed E-state index contributed by atoms with van der Waals surface area (Å²) in [6, 6.07) is 16.6. The molecule has 0 spiro atoms. The topological polar surface area (TPSA) is 85.9 Å². The molecule has 1 atom stereocenters. The Kier molecular flexibility index (Phi) is 6.14. The molecule has 126 valence electrons. The van der Waals surface area contributed by atoms with E-state index in [2.05, 4.69) is 17.5 Å². The van der Waals surface area contributed by atoms with Crippen LogP contribution < -0.4 is 10.1 Å². The second kappa shape index (κ2) is 8.52. The van der Waals surface area contributed by atoms with Crippen LogP contribution in [0.3, 0.4) is 0 Å². The van der Waals surface area contributed by atoms with Gasteiger partial charge in [0.2, 0.25) is 0 Å². The normalized spacial score (nSPS) is 11.0. The number of benzene rings is 2. The van der Waals surface area contributed by atoms with Gasteiger partial charge in [-0.1, -0.05) is 19.1 Å². The zero-order chi connectivity index (χ0) is 18.2. The Morgan fingerprint density at radius 3 is 2.68 bits per heavy atom. The van der Waals surface area contributed by atoms with Gasteiger partial charge in [0.05, 0.1) is 11.6 Å². The summed E-state index contributed by atoms with van der Waals surface area (Å²) in [5, 5.41) is 21.2. The van der Waals surface area contributed by atoms with Crippen molar-refractivity contribution in [1.29, 1.82) is 10.5 Å². The second-order valence-corrected chi connectivity index (χ2v) is 5.57. The molecule has 0 fully saturated rings. The Labute approximate surface area is 147 Å². The van der Waals surface area contributed by atoms with Crippen LogP contribution in [0.5, 0.6) is 5.75 Å². The van der Waals surface area contributed by atoms with E-state index >= 15 is 0 Å². The highest BCUT2D eigenvalue weighted by Gasteiger charge is 2.09. The highest BCUT2D eigenvalue weighted by Crippen LogP contribution is 2.21. The summed E-state index contributed by atoms with van der Waals surface area (Å²) in [7, 11) is 0. The summed E-state index contributed by atoms with van der Waals surface area (Å²) in [4.78, 5) is 11.7. The number of Topliss-reactive ketones (excluding diaryl/α,β-unsaturated/α-hetero) is 1. The number of hydrogen-bond donors (Lipinski definition) is 1. The lowest BCUT2D eigenvalue weighted by Gasteiger charge is -2.13. The second-order valence-electron chi connectivity index (χ2n) is 5.57. The van der Waals surface area contributed by atoms with E-state index in [4.69, 9.17) is 15.3 Å². The van der Waals surface area contributed by atoms with E-state index in [1.54, 1.807) is 24.3 Å². The van der Waals surface area contributed by atoms with E-state index in [9.17, 15) is 4.79 Å². The van der Waals surface area contributed by atoms with Gasteiger partial charge < -0.3 is 10.1 Å². The molecule has 0 heterocycles. The Hall–Kier alpha value is -3.31. The first-order valence-electron chi connectivity index (χ1n) is 8.01. The Morgan fingerprint density at radius 2 is 2.04 bits per heavy atom. The van der Waals surface area contributed by atoms with Gasteiger partial charge in [0.15, 0.2) is 11.9 Å². The van der Waals surface area contributed by atoms with Gasteiger partial charge in [-0.05, 0) is 49.2 Å². The maximum Gasteiger partial charge on any atom is 0.184 e. The lowest BCUT2D eigenvalue weighted by molar-refractivity contribution is 0.101. The lowest BCUT2D eigenvalue weighted by Crippen LogP contribution is -2.12. The monoisotopic (exact) mass is 333 g/mol. The van der Waals surface area contributed by atoms with Crippen LogP contribution in [0, 0.1) is 22.7 Å². The fourth-order valence-corrected chi connectivity index (χ4v) is 2.36. The van der Waals surface area contributed by atoms with Crippen LogP contribution in [0.4, 0.5) is 5.69 Å². The third kappa shape index (κ3) is 4.83. The zero-order valence-corrected chi connectivity index (χ0v) is 14.2. The first-order chi connectivity index (χ1) is 12.1. The summed E-state index contributed by atoms with van der Waals surface area (Å²) in [5.74, 6) is 0.564. The van der Waals surface area contributed by atoms with Crippen molar-refractivity contribution in [2.24, 2.45) is 0 Å². The summed E-state index contributed by atoms with van der Waals surface area (Å²) in [6.07, 6.45) is 0.141. The van der Waals surface area contributed by atoms with Gasteiger partial charge in [-0.15, -0.1) is 0 Å². The predicted molar refractivity (Wildman–Crippen MR) is 95.3 cm³/mol. The molecule has 5 nitrogen and oxygen atoms in total. The number of anilines is 1. The number of nitrogens with one attached hydrogen (secondary N) is 1. The summed E-state index contributed by atoms with van der Waals surface area (Å²) in [5.41, 5.74) is 2.61. The van der Waals surface area contributed by atoms with Crippen LogP contribution in [0.2, 0.25) is 0 Å². The van der Waals surface area contributed by atoms with Crippen molar-refractivity contribution in [2.75, 3.05) is 5.32 Å². The SMILES string of the molecule is CCC(C#N)Oc1cccc(CNc2cc(C#N)ccc2C(C)=O)c1. The third-order valence-corrected chi connectivity index (χ3v) is 3.70. The van der Waals surface area contributed by atoms with E-state index in [0.717, 1.165) is 5.56 Å². The largest absolute Gasteiger partial charge is 0.476 e. The number of hydrogen-bond acceptors (Lipinski definition) is 5. The van der Waals surface area contributed by atoms with Crippen LogP contribution in [0.1, 0.15) is 41.8 Å². The van der Waals surface area contributed by atoms with Gasteiger partial charge in [0.25, 0.3) is 0 Å². The van der Waals surface area contributed by atoms with Crippen LogP contribution in [-0.2, 0) is 6.54 Å². The molecule has 2 aromatic rings. The molecule has 0 saturated carbocycles. The average molecular weight is 333 g/mol. The number of carbonyl (C=O) groups is 1. The molecule has 25 heavy (non-hydrogen) atoms. The highest BCUT2D eigenvalue weighted by atomic mass is 16.5. The van der Waals surface area contributed by atoms with Crippen molar-refractivity contribution >= 4 is 11.5 Å². The predicted octanol–water partition coefficient (Wildman–Crippen LogP) is 4.05. The first-order valence-corrected chi connectivity index (χ1v) is 8.01. The van der Waals surface area contributed by atoms with Gasteiger partial charge in [0.1, 0.15) is 11.8 Å². The van der Waals surface area contributed by atoms with Crippen molar-refractivity contribution in [3.05, 3.63) is 59.2 Å². The number of nitriles is 2. The van der Waals surface area contributed by atoms with Crippen molar-refractivity contribution in [3.63, 3.8) is 0 Å². The summed E-state index contributed by atoms with van der Waals surface area (Å²) < 4.78 is 5.62. The molecular formula is C20H19N3O2. The number of ketones is 1. The molecule has 0 aliphatic carbocycles. The Balaban J connectivity index is 2.15. The fourth-order valence-electron chi connectivity index (χ4n) is 2.36. The standard InChI is InChI=1S/C20H19N3O2/c1-3-17(12-22)25-18-6-4-5-16(9-18)13-23-20-10-15(11-21)7-8-19(20)14(2)24/h4-10,17,23H,3,13H2,1-2H3. The number of ether oxygens (including phenoxy) is 1. The van der Waals surface area contributed by atoms with Crippen LogP contribution >= 0.6 is 0 Å². The molecule has 5 heteroatoms. The van der Waals surface area contributed by atoms with Crippen LogP contribution in [0.15, 0.2) is 42.5 Å². The van der Waals surface area contributed by atoms with Gasteiger partial charge >= 0.3 is 0 Å². The van der Waals surface area contributed by atoms with E-state index in [-0.39, 0.29) is 5.78 Å². The Morgan fingerprint density at radius 1 is 1.24 bits per heavy atom. The van der Waals surface area contributed by atoms with Crippen molar-refractivity contribution < 1.29 is 9.53 Å². The molecule has 0 aliphatic rings. The smallest absolute Gasteiger partial charge is 0.184 e. The summed E-state index contributed by atoms with van der Waals surface area (Å²) >= 11 is 0. The van der Waals surface area contributed by atoms with Gasteiger partial charge in [0, 0.05) is 17.8 Å². The van der Waals surface area contributed by atoms with Crippen LogP contribution in [0.25, 0.3) is 0 Å². The molecule has 0 aromatic heterocycles. The summed E-state index contributed by atoms with van der Waals surface area (Å²) in [6.45, 7) is 3.86.